The van der Waals surface area contributed by atoms with Gasteiger partial charge in [0.05, 0.1) is 19.4 Å². The number of H-pyrrole nitrogens is 1. The molecule has 3 rings (SSSR count). The molecular weight excluding hydrogens is 264 g/mol. The van der Waals surface area contributed by atoms with Crippen molar-refractivity contribution in [3.05, 3.63) is 18.1 Å². The normalized spacial score (nSPS) is 26.0. The van der Waals surface area contributed by atoms with Gasteiger partial charge in [0, 0.05) is 11.8 Å². The zero-order valence-electron chi connectivity index (χ0n) is 10.7. The summed E-state index contributed by atoms with van der Waals surface area (Å²) in [4.78, 5) is 15.2. The number of methoxy groups -OCH3 is 1. The fourth-order valence-electron chi connectivity index (χ4n) is 2.35. The molecule has 2 aromatic heterocycles. The molecule has 0 amide bonds. The Hall–Kier alpha value is -2.03. The second-order valence-electron chi connectivity index (χ2n) is 4.51. The van der Waals surface area contributed by atoms with E-state index in [9.17, 15) is 10.2 Å². The summed E-state index contributed by atoms with van der Waals surface area (Å²) in [5.41, 5.74) is 1.98. The van der Waals surface area contributed by atoms with Gasteiger partial charge in [0.2, 0.25) is 5.88 Å². The standard InChI is InChI=1S/C12H14N4O4/c1-20-12-9-7(14-4-15-12)5(2-13-9)8-11(19)10(18)6(3-17)16-8/h2,4,6,10-11,13,17-19H,3H2,1H3/t6-,10-,11+/m1/s1. The van der Waals surface area contributed by atoms with Crippen LogP contribution in [0.1, 0.15) is 5.56 Å². The molecule has 4 N–H and O–H groups in total. The van der Waals surface area contributed by atoms with Crippen LogP contribution in [0, 0.1) is 0 Å². The van der Waals surface area contributed by atoms with E-state index in [1.54, 1.807) is 6.20 Å². The highest BCUT2D eigenvalue weighted by atomic mass is 16.5. The third-order valence-electron chi connectivity index (χ3n) is 3.39. The van der Waals surface area contributed by atoms with Crippen LogP contribution in [-0.2, 0) is 0 Å². The van der Waals surface area contributed by atoms with Gasteiger partial charge in [-0.25, -0.2) is 4.98 Å². The number of aromatic amines is 1. The molecule has 1 aliphatic rings. The Morgan fingerprint density at radius 2 is 2.15 bits per heavy atom. The van der Waals surface area contributed by atoms with E-state index in [-0.39, 0.29) is 6.61 Å². The molecule has 0 spiro atoms. The third kappa shape index (κ3) is 1.77. The van der Waals surface area contributed by atoms with Crippen LogP contribution < -0.4 is 4.74 Å². The summed E-state index contributed by atoms with van der Waals surface area (Å²) >= 11 is 0. The van der Waals surface area contributed by atoms with Gasteiger partial charge in [0.25, 0.3) is 0 Å². The monoisotopic (exact) mass is 278 g/mol. The first-order chi connectivity index (χ1) is 9.67. The average molecular weight is 278 g/mol. The molecule has 8 heteroatoms. The average Bonchev–Trinajstić information content (AvgIpc) is 3.01. The second-order valence-corrected chi connectivity index (χ2v) is 4.51. The van der Waals surface area contributed by atoms with Crippen LogP contribution in [0.5, 0.6) is 5.88 Å². The molecule has 0 radical (unpaired) electrons. The Morgan fingerprint density at radius 3 is 2.80 bits per heavy atom. The van der Waals surface area contributed by atoms with Crippen molar-refractivity contribution in [2.45, 2.75) is 18.2 Å². The lowest BCUT2D eigenvalue weighted by Gasteiger charge is -2.12. The lowest BCUT2D eigenvalue weighted by Crippen LogP contribution is -2.35. The molecule has 0 saturated carbocycles. The first-order valence-corrected chi connectivity index (χ1v) is 6.08. The lowest BCUT2D eigenvalue weighted by molar-refractivity contribution is 0.0408. The van der Waals surface area contributed by atoms with Gasteiger partial charge in [-0.3, -0.25) is 4.99 Å². The summed E-state index contributed by atoms with van der Waals surface area (Å²) in [6.45, 7) is -0.331. The Kier molecular flexibility index (Phi) is 3.13. The minimum absolute atomic E-state index is 0.295. The van der Waals surface area contributed by atoms with E-state index in [1.807, 2.05) is 0 Å². The van der Waals surface area contributed by atoms with Crippen LogP contribution >= 0.6 is 0 Å². The molecule has 0 aromatic carbocycles. The number of aliphatic hydroxyl groups excluding tert-OH is 3. The maximum atomic E-state index is 10.0. The number of ether oxygens (including phenoxy) is 1. The van der Waals surface area contributed by atoms with Crippen molar-refractivity contribution < 1.29 is 20.1 Å². The van der Waals surface area contributed by atoms with Gasteiger partial charge in [-0.15, -0.1) is 0 Å². The molecule has 3 heterocycles. The molecule has 8 nitrogen and oxygen atoms in total. The summed E-state index contributed by atoms with van der Waals surface area (Å²) in [6, 6.07) is -0.728. The highest BCUT2D eigenvalue weighted by Crippen LogP contribution is 2.27. The van der Waals surface area contributed by atoms with E-state index in [0.717, 1.165) is 0 Å². The first-order valence-electron chi connectivity index (χ1n) is 6.08. The number of rotatable bonds is 3. The minimum Gasteiger partial charge on any atom is -0.479 e. The van der Waals surface area contributed by atoms with E-state index in [4.69, 9.17) is 9.84 Å². The van der Waals surface area contributed by atoms with Crippen molar-refractivity contribution in [2.24, 2.45) is 4.99 Å². The fourth-order valence-corrected chi connectivity index (χ4v) is 2.35. The van der Waals surface area contributed by atoms with E-state index >= 15 is 0 Å². The molecule has 1 aliphatic heterocycles. The van der Waals surface area contributed by atoms with E-state index in [1.165, 1.54) is 13.4 Å². The second kappa shape index (κ2) is 4.82. The molecule has 0 aliphatic carbocycles. The van der Waals surface area contributed by atoms with Crippen LogP contribution in [0.15, 0.2) is 17.5 Å². The topological polar surface area (TPSA) is 124 Å². The number of hydrogen-bond acceptors (Lipinski definition) is 7. The van der Waals surface area contributed by atoms with Gasteiger partial charge in [-0.05, 0) is 0 Å². The van der Waals surface area contributed by atoms with Gasteiger partial charge in [-0.2, -0.15) is 4.98 Å². The fraction of sp³-hybridized carbons (Fsp3) is 0.417. The molecule has 106 valence electrons. The quantitative estimate of drug-likeness (QED) is 0.562. The predicted octanol–water partition coefficient (Wildman–Crippen LogP) is -1.15. The number of aliphatic hydroxyl groups is 3. The Balaban J connectivity index is 2.12. The number of hydrogen-bond donors (Lipinski definition) is 4. The van der Waals surface area contributed by atoms with Crippen molar-refractivity contribution in [1.82, 2.24) is 15.0 Å². The Labute approximate surface area is 113 Å². The highest BCUT2D eigenvalue weighted by molar-refractivity contribution is 6.13. The number of aromatic nitrogens is 3. The van der Waals surface area contributed by atoms with Crippen LogP contribution in [0.4, 0.5) is 0 Å². The smallest absolute Gasteiger partial charge is 0.241 e. The summed E-state index contributed by atoms with van der Waals surface area (Å²) in [7, 11) is 1.50. The predicted molar refractivity (Wildman–Crippen MR) is 69.9 cm³/mol. The van der Waals surface area contributed by atoms with Crippen molar-refractivity contribution in [3.8, 4) is 5.88 Å². The lowest BCUT2D eigenvalue weighted by atomic mass is 10.0. The van der Waals surface area contributed by atoms with Crippen LogP contribution in [0.2, 0.25) is 0 Å². The van der Waals surface area contributed by atoms with E-state index in [0.29, 0.717) is 28.2 Å². The van der Waals surface area contributed by atoms with E-state index < -0.39 is 18.2 Å². The van der Waals surface area contributed by atoms with Gasteiger partial charge in [0.15, 0.2) is 0 Å². The van der Waals surface area contributed by atoms with Gasteiger partial charge >= 0.3 is 0 Å². The van der Waals surface area contributed by atoms with Crippen molar-refractivity contribution in [2.75, 3.05) is 13.7 Å². The highest BCUT2D eigenvalue weighted by Gasteiger charge is 2.37. The zero-order chi connectivity index (χ0) is 14.3. The first kappa shape index (κ1) is 13.0. The van der Waals surface area contributed by atoms with Gasteiger partial charge < -0.3 is 25.0 Å². The Morgan fingerprint density at radius 1 is 1.35 bits per heavy atom. The van der Waals surface area contributed by atoms with Crippen molar-refractivity contribution in [3.63, 3.8) is 0 Å². The molecule has 3 atom stereocenters. The van der Waals surface area contributed by atoms with Gasteiger partial charge in [-0.1, -0.05) is 0 Å². The van der Waals surface area contributed by atoms with E-state index in [2.05, 4.69) is 19.9 Å². The largest absolute Gasteiger partial charge is 0.479 e. The summed E-state index contributed by atoms with van der Waals surface area (Å²) < 4.78 is 5.12. The maximum Gasteiger partial charge on any atom is 0.241 e. The Bertz CT molecular complexity index is 669. The molecule has 0 unspecified atom stereocenters. The molecule has 0 fully saturated rings. The third-order valence-corrected chi connectivity index (χ3v) is 3.39. The minimum atomic E-state index is -1.16. The maximum absolute atomic E-state index is 10.0. The number of fused-ring (bicyclic) bond motifs is 1. The van der Waals surface area contributed by atoms with Crippen LogP contribution in [-0.4, -0.2) is 67.9 Å². The van der Waals surface area contributed by atoms with Crippen LogP contribution in [0.25, 0.3) is 11.0 Å². The summed E-state index contributed by atoms with van der Waals surface area (Å²) in [5.74, 6) is 0.383. The number of aliphatic imine (C=N–C) groups is 1. The molecule has 0 bridgehead atoms. The zero-order valence-corrected chi connectivity index (χ0v) is 10.7. The molecule has 2 aromatic rings. The van der Waals surface area contributed by atoms with Crippen molar-refractivity contribution >= 4 is 16.7 Å². The molecular formula is C12H14N4O4. The SMILES string of the molecule is COc1ncnc2c(C3=N[C@H](CO)[C@@H](O)[C@H]3O)c[nH]c12. The summed E-state index contributed by atoms with van der Waals surface area (Å²) in [6.07, 6.45) is 0.687. The summed E-state index contributed by atoms with van der Waals surface area (Å²) in [5, 5.41) is 29.0. The van der Waals surface area contributed by atoms with Crippen molar-refractivity contribution in [1.29, 1.82) is 0 Å². The number of nitrogens with zero attached hydrogens (tertiary/aromatic N) is 3. The van der Waals surface area contributed by atoms with Crippen LogP contribution in [0.3, 0.4) is 0 Å². The molecule has 0 saturated heterocycles. The number of nitrogens with one attached hydrogen (secondary N) is 1. The van der Waals surface area contributed by atoms with Gasteiger partial charge in [0.1, 0.15) is 35.6 Å². The molecule has 20 heavy (non-hydrogen) atoms.